The molecule has 1 N–H and O–H groups in total. The molecule has 0 aromatic carbocycles. The summed E-state index contributed by atoms with van der Waals surface area (Å²) in [6.45, 7) is 4.64. The van der Waals surface area contributed by atoms with Gasteiger partial charge in [-0.25, -0.2) is 13.4 Å². The molecule has 2 heterocycles. The zero-order valence-electron chi connectivity index (χ0n) is 15.0. The Labute approximate surface area is 149 Å². The Kier molecular flexibility index (Phi) is 5.48. The quantitative estimate of drug-likeness (QED) is 0.861. The fourth-order valence-corrected chi connectivity index (χ4v) is 5.08. The Bertz CT molecular complexity index is 707. The minimum atomic E-state index is -3.65. The van der Waals surface area contributed by atoms with Gasteiger partial charge in [0.15, 0.2) is 5.03 Å². The molecule has 1 aromatic heterocycles. The van der Waals surface area contributed by atoms with Gasteiger partial charge in [-0.1, -0.05) is 12.8 Å². The summed E-state index contributed by atoms with van der Waals surface area (Å²) in [5.41, 5.74) is 0. The van der Waals surface area contributed by atoms with Crippen LogP contribution in [0.4, 0.5) is 0 Å². The largest absolute Gasteiger partial charge is 0.353 e. The third-order valence-corrected chi connectivity index (χ3v) is 6.99. The molecule has 3 rings (SSSR count). The van der Waals surface area contributed by atoms with Gasteiger partial charge in [0.2, 0.25) is 5.91 Å². The molecular formula is C17H28N4O3S. The van der Waals surface area contributed by atoms with Crippen molar-refractivity contribution in [2.45, 2.75) is 69.5 Å². The number of amides is 1. The molecule has 1 amide bonds. The highest BCUT2D eigenvalue weighted by Gasteiger charge is 2.35. The van der Waals surface area contributed by atoms with Crippen molar-refractivity contribution >= 4 is 15.9 Å². The Balaban J connectivity index is 1.67. The van der Waals surface area contributed by atoms with Crippen molar-refractivity contribution in [3.05, 3.63) is 12.5 Å². The molecule has 140 valence electrons. The molecule has 25 heavy (non-hydrogen) atoms. The van der Waals surface area contributed by atoms with Gasteiger partial charge in [0.1, 0.15) is 0 Å². The van der Waals surface area contributed by atoms with Gasteiger partial charge in [0.05, 0.1) is 12.2 Å². The maximum atomic E-state index is 12.9. The molecular weight excluding hydrogens is 340 g/mol. The first-order valence-corrected chi connectivity index (χ1v) is 10.7. The first kappa shape index (κ1) is 18.4. The van der Waals surface area contributed by atoms with Crippen molar-refractivity contribution in [3.63, 3.8) is 0 Å². The van der Waals surface area contributed by atoms with Crippen LogP contribution in [0.2, 0.25) is 0 Å². The first-order chi connectivity index (χ1) is 11.9. The summed E-state index contributed by atoms with van der Waals surface area (Å²) in [6.07, 6.45) is 8.95. The Morgan fingerprint density at radius 2 is 1.96 bits per heavy atom. The fraction of sp³-hybridized carbons (Fsp3) is 0.765. The van der Waals surface area contributed by atoms with E-state index >= 15 is 0 Å². The lowest BCUT2D eigenvalue weighted by Crippen LogP contribution is -2.47. The van der Waals surface area contributed by atoms with Crippen LogP contribution in [0.3, 0.4) is 0 Å². The molecule has 7 nitrogen and oxygen atoms in total. The maximum absolute atomic E-state index is 12.9. The van der Waals surface area contributed by atoms with Gasteiger partial charge in [0.25, 0.3) is 10.0 Å². The van der Waals surface area contributed by atoms with Crippen LogP contribution >= 0.6 is 0 Å². The average Bonchev–Trinajstić information content (AvgIpc) is 3.26. The van der Waals surface area contributed by atoms with E-state index in [-0.39, 0.29) is 35.5 Å². The molecule has 1 saturated carbocycles. The summed E-state index contributed by atoms with van der Waals surface area (Å²) in [6, 6.07) is 0.420. The maximum Gasteiger partial charge on any atom is 0.262 e. The Morgan fingerprint density at radius 1 is 1.24 bits per heavy atom. The summed E-state index contributed by atoms with van der Waals surface area (Å²) in [5.74, 6) is -0.268. The van der Waals surface area contributed by atoms with E-state index < -0.39 is 10.0 Å². The third kappa shape index (κ3) is 4.06. The van der Waals surface area contributed by atoms with Crippen LogP contribution in [-0.4, -0.2) is 47.3 Å². The predicted octanol–water partition coefficient (Wildman–Crippen LogP) is 1.92. The van der Waals surface area contributed by atoms with E-state index in [9.17, 15) is 13.2 Å². The number of carbonyl (C=O) groups excluding carboxylic acids is 1. The van der Waals surface area contributed by atoms with Crippen molar-refractivity contribution < 1.29 is 13.2 Å². The van der Waals surface area contributed by atoms with Crippen molar-refractivity contribution in [3.8, 4) is 0 Å². The molecule has 1 atom stereocenters. The number of hydrogen-bond donors (Lipinski definition) is 1. The summed E-state index contributed by atoms with van der Waals surface area (Å²) >= 11 is 0. The van der Waals surface area contributed by atoms with E-state index in [0.717, 1.165) is 32.1 Å². The number of aromatic nitrogens is 2. The summed E-state index contributed by atoms with van der Waals surface area (Å²) in [4.78, 5) is 16.6. The standard InChI is InChI=1S/C17H28N4O3S/c1-13(2)20-11-16(18-12-20)25(23,24)21-9-5-6-14(10-21)17(22)19-15-7-3-4-8-15/h11-15H,3-10H2,1-2H3,(H,19,22)/t14-/m1/s1. The van der Waals surface area contributed by atoms with Crippen LogP contribution in [-0.2, 0) is 14.8 Å². The number of nitrogens with zero attached hydrogens (tertiary/aromatic N) is 3. The fourth-order valence-electron chi connectivity index (χ4n) is 3.63. The number of rotatable bonds is 5. The van der Waals surface area contributed by atoms with Crippen LogP contribution in [0.1, 0.15) is 58.4 Å². The number of nitrogens with one attached hydrogen (secondary N) is 1. The van der Waals surface area contributed by atoms with Crippen molar-refractivity contribution in [2.24, 2.45) is 5.92 Å². The van der Waals surface area contributed by atoms with E-state index in [0.29, 0.717) is 13.0 Å². The smallest absolute Gasteiger partial charge is 0.262 e. The highest BCUT2D eigenvalue weighted by atomic mass is 32.2. The minimum absolute atomic E-state index is 0.000454. The van der Waals surface area contributed by atoms with Gasteiger partial charge in [-0.2, -0.15) is 4.31 Å². The lowest BCUT2D eigenvalue weighted by molar-refractivity contribution is -0.126. The monoisotopic (exact) mass is 368 g/mol. The molecule has 2 fully saturated rings. The zero-order valence-corrected chi connectivity index (χ0v) is 15.8. The van der Waals surface area contributed by atoms with Gasteiger partial charge in [-0.05, 0) is 39.5 Å². The SMILES string of the molecule is CC(C)n1cnc(S(=O)(=O)N2CCC[C@@H](C(=O)NC3CCCC3)C2)c1. The predicted molar refractivity (Wildman–Crippen MR) is 94.5 cm³/mol. The van der Waals surface area contributed by atoms with Crippen LogP contribution in [0.25, 0.3) is 0 Å². The van der Waals surface area contributed by atoms with Gasteiger partial charge in [-0.15, -0.1) is 0 Å². The number of piperidine rings is 1. The molecule has 0 spiro atoms. The molecule has 0 radical (unpaired) electrons. The topological polar surface area (TPSA) is 84.3 Å². The highest BCUT2D eigenvalue weighted by Crippen LogP contribution is 2.25. The molecule has 8 heteroatoms. The normalized spacial score (nSPS) is 23.2. The molecule has 1 saturated heterocycles. The number of sulfonamides is 1. The van der Waals surface area contributed by atoms with Crippen molar-refractivity contribution in [1.82, 2.24) is 19.2 Å². The molecule has 2 aliphatic rings. The molecule has 0 bridgehead atoms. The minimum Gasteiger partial charge on any atom is -0.353 e. The van der Waals surface area contributed by atoms with E-state index in [1.165, 1.54) is 4.31 Å². The van der Waals surface area contributed by atoms with E-state index in [1.807, 2.05) is 13.8 Å². The van der Waals surface area contributed by atoms with Crippen molar-refractivity contribution in [1.29, 1.82) is 0 Å². The lowest BCUT2D eigenvalue weighted by atomic mass is 9.98. The van der Waals surface area contributed by atoms with Crippen LogP contribution < -0.4 is 5.32 Å². The second-order valence-corrected chi connectivity index (χ2v) is 9.33. The molecule has 0 unspecified atom stereocenters. The Hall–Kier alpha value is -1.41. The third-order valence-electron chi connectivity index (χ3n) is 5.23. The van der Waals surface area contributed by atoms with E-state index in [2.05, 4.69) is 10.3 Å². The molecule has 1 aliphatic heterocycles. The zero-order chi connectivity index (χ0) is 18.0. The number of carbonyl (C=O) groups is 1. The van der Waals surface area contributed by atoms with Crippen LogP contribution in [0, 0.1) is 5.92 Å². The second kappa shape index (κ2) is 7.45. The van der Waals surface area contributed by atoms with Crippen molar-refractivity contribution in [2.75, 3.05) is 13.1 Å². The second-order valence-electron chi connectivity index (χ2n) is 7.45. The summed E-state index contributed by atoms with van der Waals surface area (Å²) in [5, 5.41) is 3.17. The van der Waals surface area contributed by atoms with Gasteiger partial charge in [-0.3, -0.25) is 4.79 Å². The summed E-state index contributed by atoms with van der Waals surface area (Å²) in [7, 11) is -3.65. The van der Waals surface area contributed by atoms with Gasteiger partial charge >= 0.3 is 0 Å². The summed E-state index contributed by atoms with van der Waals surface area (Å²) < 4.78 is 28.9. The van der Waals surface area contributed by atoms with Gasteiger partial charge < -0.3 is 9.88 Å². The average molecular weight is 369 g/mol. The first-order valence-electron chi connectivity index (χ1n) is 9.22. The highest BCUT2D eigenvalue weighted by molar-refractivity contribution is 7.89. The molecule has 1 aromatic rings. The lowest BCUT2D eigenvalue weighted by Gasteiger charge is -2.31. The van der Waals surface area contributed by atoms with Gasteiger partial charge in [0, 0.05) is 31.4 Å². The number of hydrogen-bond acceptors (Lipinski definition) is 4. The van der Waals surface area contributed by atoms with E-state index in [4.69, 9.17) is 0 Å². The Morgan fingerprint density at radius 3 is 2.60 bits per heavy atom. The van der Waals surface area contributed by atoms with Crippen LogP contribution in [0.5, 0.6) is 0 Å². The molecule has 1 aliphatic carbocycles. The van der Waals surface area contributed by atoms with Crippen LogP contribution in [0.15, 0.2) is 17.6 Å². The number of imidazole rings is 1. The van der Waals surface area contributed by atoms with E-state index in [1.54, 1.807) is 17.1 Å².